The highest BCUT2D eigenvalue weighted by molar-refractivity contribution is 5.33. The van der Waals surface area contributed by atoms with Gasteiger partial charge in [0.2, 0.25) is 0 Å². The van der Waals surface area contributed by atoms with Crippen molar-refractivity contribution in [2.24, 2.45) is 0 Å². The molecule has 0 aliphatic carbocycles. The van der Waals surface area contributed by atoms with Crippen molar-refractivity contribution in [1.82, 2.24) is 0 Å². The van der Waals surface area contributed by atoms with Crippen LogP contribution in [0, 0.1) is 5.82 Å². The second-order valence-corrected chi connectivity index (χ2v) is 6.76. The molecule has 9 heteroatoms. The van der Waals surface area contributed by atoms with Gasteiger partial charge in [-0.25, -0.2) is 4.39 Å². The monoisotopic (exact) mass is 422 g/mol. The lowest BCUT2D eigenvalue weighted by molar-refractivity contribution is -0.181. The van der Waals surface area contributed by atoms with Crippen molar-refractivity contribution in [3.05, 3.63) is 70.5 Å². The molecule has 2 aromatic rings. The molecule has 1 aliphatic heterocycles. The van der Waals surface area contributed by atoms with Gasteiger partial charge >= 0.3 is 12.4 Å². The minimum Gasteiger partial charge on any atom is -0.352 e. The molecule has 0 aromatic heterocycles. The van der Waals surface area contributed by atoms with Gasteiger partial charge < -0.3 is 9.47 Å². The van der Waals surface area contributed by atoms with Crippen LogP contribution in [0.25, 0.3) is 0 Å². The summed E-state index contributed by atoms with van der Waals surface area (Å²) in [5.74, 6) is -0.733. The highest BCUT2D eigenvalue weighted by atomic mass is 19.4. The van der Waals surface area contributed by atoms with Crippen LogP contribution in [0.1, 0.15) is 41.0 Å². The fraction of sp³-hybridized carbons (Fsp3) is 0.400. The van der Waals surface area contributed by atoms with Gasteiger partial charge in [0.05, 0.1) is 17.7 Å². The van der Waals surface area contributed by atoms with Gasteiger partial charge in [-0.2, -0.15) is 26.3 Å². The van der Waals surface area contributed by atoms with Gasteiger partial charge in [0.25, 0.3) is 0 Å². The van der Waals surface area contributed by atoms with E-state index in [4.69, 9.17) is 9.47 Å². The summed E-state index contributed by atoms with van der Waals surface area (Å²) in [5, 5.41) is 0. The van der Waals surface area contributed by atoms with Gasteiger partial charge in [-0.05, 0) is 54.3 Å². The Morgan fingerprint density at radius 2 is 1.48 bits per heavy atom. The Morgan fingerprint density at radius 1 is 0.897 bits per heavy atom. The molecule has 2 atom stereocenters. The van der Waals surface area contributed by atoms with Crippen LogP contribution < -0.4 is 0 Å². The van der Waals surface area contributed by atoms with E-state index in [1.807, 2.05) is 0 Å². The van der Waals surface area contributed by atoms with Crippen molar-refractivity contribution in [3.8, 4) is 0 Å². The molecule has 2 nitrogen and oxygen atoms in total. The first-order chi connectivity index (χ1) is 13.5. The minimum absolute atomic E-state index is 0.0714. The van der Waals surface area contributed by atoms with Crippen molar-refractivity contribution in [3.63, 3.8) is 0 Å². The van der Waals surface area contributed by atoms with Gasteiger partial charge in [-0.3, -0.25) is 0 Å². The summed E-state index contributed by atoms with van der Waals surface area (Å²) in [6, 6.07) is 6.97. The third-order valence-electron chi connectivity index (χ3n) is 4.63. The standard InChI is InChI=1S/C20H17F7O2/c21-16-5-3-13(4-6-16)17-2-1-7-28-18(17)29-11-12-8-14(19(22,23)24)10-15(9-12)20(25,26)27/h3-6,8-10,17-18H,1-2,7,11H2/t17-,18-/m1/s1. The Hall–Kier alpha value is -2.13. The third kappa shape index (κ3) is 5.48. The molecule has 1 heterocycles. The average Bonchev–Trinajstić information content (AvgIpc) is 2.66. The lowest BCUT2D eigenvalue weighted by Crippen LogP contribution is -2.30. The van der Waals surface area contributed by atoms with E-state index in [1.54, 1.807) is 12.1 Å². The summed E-state index contributed by atoms with van der Waals surface area (Å²) in [5.41, 5.74) is -2.34. The van der Waals surface area contributed by atoms with Gasteiger partial charge in [0.15, 0.2) is 6.29 Å². The number of ether oxygens (including phenoxy) is 2. The van der Waals surface area contributed by atoms with Crippen molar-refractivity contribution >= 4 is 0 Å². The molecule has 0 radical (unpaired) electrons. The third-order valence-corrected chi connectivity index (χ3v) is 4.63. The second kappa shape index (κ2) is 8.31. The summed E-state index contributed by atoms with van der Waals surface area (Å²) < 4.78 is 102. The van der Waals surface area contributed by atoms with Crippen molar-refractivity contribution in [2.45, 2.75) is 44.0 Å². The fourth-order valence-electron chi connectivity index (χ4n) is 3.23. The number of hydrogen-bond donors (Lipinski definition) is 0. The van der Waals surface area contributed by atoms with E-state index in [-0.39, 0.29) is 17.5 Å². The van der Waals surface area contributed by atoms with Crippen molar-refractivity contribution < 1.29 is 40.2 Å². The summed E-state index contributed by atoms with van der Waals surface area (Å²) in [7, 11) is 0. The molecule has 29 heavy (non-hydrogen) atoms. The van der Waals surface area contributed by atoms with Crippen molar-refractivity contribution in [2.75, 3.05) is 6.61 Å². The first-order valence-corrected chi connectivity index (χ1v) is 8.81. The van der Waals surface area contributed by atoms with Gasteiger partial charge in [0.1, 0.15) is 5.82 Å². The Kier molecular flexibility index (Phi) is 6.19. The number of rotatable bonds is 4. The smallest absolute Gasteiger partial charge is 0.352 e. The Morgan fingerprint density at radius 3 is 2.03 bits per heavy atom. The Labute approximate surface area is 162 Å². The molecule has 0 saturated carbocycles. The molecule has 0 bridgehead atoms. The predicted octanol–water partition coefficient (Wildman–Crippen LogP) is 6.30. The largest absolute Gasteiger partial charge is 0.416 e. The van der Waals surface area contributed by atoms with Crippen LogP contribution in [0.3, 0.4) is 0 Å². The minimum atomic E-state index is -4.92. The molecule has 1 saturated heterocycles. The molecule has 158 valence electrons. The van der Waals surface area contributed by atoms with E-state index < -0.39 is 42.2 Å². The average molecular weight is 422 g/mol. The normalized spacial score (nSPS) is 20.7. The molecular weight excluding hydrogens is 405 g/mol. The van der Waals surface area contributed by atoms with Gasteiger partial charge in [-0.15, -0.1) is 0 Å². The summed E-state index contributed by atoms with van der Waals surface area (Å²) in [6.45, 7) is -0.145. The van der Waals surface area contributed by atoms with Crippen LogP contribution in [0.15, 0.2) is 42.5 Å². The zero-order valence-electron chi connectivity index (χ0n) is 15.0. The fourth-order valence-corrected chi connectivity index (χ4v) is 3.23. The topological polar surface area (TPSA) is 18.5 Å². The van der Waals surface area contributed by atoms with Crippen LogP contribution in [0.4, 0.5) is 30.7 Å². The molecule has 0 unspecified atom stereocenters. The number of benzene rings is 2. The lowest BCUT2D eigenvalue weighted by Gasteiger charge is -2.32. The first-order valence-electron chi connectivity index (χ1n) is 8.81. The highest BCUT2D eigenvalue weighted by Gasteiger charge is 2.37. The van der Waals surface area contributed by atoms with E-state index in [0.717, 1.165) is 5.56 Å². The zero-order valence-corrected chi connectivity index (χ0v) is 15.0. The summed E-state index contributed by atoms with van der Waals surface area (Å²) >= 11 is 0. The van der Waals surface area contributed by atoms with Crippen LogP contribution in [-0.4, -0.2) is 12.9 Å². The van der Waals surface area contributed by atoms with Crippen LogP contribution >= 0.6 is 0 Å². The second-order valence-electron chi connectivity index (χ2n) is 6.76. The van der Waals surface area contributed by atoms with Gasteiger partial charge in [-0.1, -0.05) is 12.1 Å². The molecule has 1 aliphatic rings. The summed E-state index contributed by atoms with van der Waals surface area (Å²) in [4.78, 5) is 0. The molecular formula is C20H17F7O2. The molecule has 2 aromatic carbocycles. The van der Waals surface area contributed by atoms with Crippen LogP contribution in [0.5, 0.6) is 0 Å². The molecule has 0 amide bonds. The SMILES string of the molecule is Fc1ccc([C@H]2CCCO[C@@H]2OCc2cc(C(F)(F)F)cc(C(F)(F)F)c2)cc1. The molecule has 1 fully saturated rings. The van der Waals surface area contributed by atoms with E-state index in [2.05, 4.69) is 0 Å². The van der Waals surface area contributed by atoms with E-state index in [1.165, 1.54) is 12.1 Å². The molecule has 0 N–H and O–H groups in total. The Bertz CT molecular complexity index is 796. The van der Waals surface area contributed by atoms with E-state index in [0.29, 0.717) is 31.6 Å². The highest BCUT2D eigenvalue weighted by Crippen LogP contribution is 2.37. The van der Waals surface area contributed by atoms with Crippen LogP contribution in [0.2, 0.25) is 0 Å². The number of hydrogen-bond acceptors (Lipinski definition) is 2. The quantitative estimate of drug-likeness (QED) is 0.539. The Balaban J connectivity index is 1.80. The maximum Gasteiger partial charge on any atom is 0.416 e. The van der Waals surface area contributed by atoms with Crippen LogP contribution in [-0.2, 0) is 28.4 Å². The van der Waals surface area contributed by atoms with Crippen molar-refractivity contribution in [1.29, 1.82) is 0 Å². The molecule has 0 spiro atoms. The zero-order chi connectivity index (χ0) is 21.2. The maximum atomic E-state index is 13.1. The van der Waals surface area contributed by atoms with E-state index >= 15 is 0 Å². The summed E-state index contributed by atoms with van der Waals surface area (Å²) in [6.07, 6.45) is -9.38. The number of halogens is 7. The van der Waals surface area contributed by atoms with E-state index in [9.17, 15) is 30.7 Å². The van der Waals surface area contributed by atoms with Gasteiger partial charge in [0, 0.05) is 12.5 Å². The molecule has 3 rings (SSSR count). The maximum absolute atomic E-state index is 13.1. The number of alkyl halides is 6. The lowest BCUT2D eigenvalue weighted by atomic mass is 9.92. The first kappa shape index (κ1) is 21.6. The predicted molar refractivity (Wildman–Crippen MR) is 89.4 cm³/mol.